The van der Waals surface area contributed by atoms with Crippen molar-refractivity contribution in [3.8, 4) is 0 Å². The zero-order valence-electron chi connectivity index (χ0n) is 10.9. The van der Waals surface area contributed by atoms with Gasteiger partial charge >= 0.3 is 6.18 Å². The predicted molar refractivity (Wildman–Crippen MR) is 70.4 cm³/mol. The van der Waals surface area contributed by atoms with E-state index in [2.05, 4.69) is 10.3 Å². The summed E-state index contributed by atoms with van der Waals surface area (Å²) in [6.45, 7) is -1.31. The summed E-state index contributed by atoms with van der Waals surface area (Å²) < 4.78 is 41.1. The highest BCUT2D eigenvalue weighted by atomic mass is 19.4. The molecule has 0 fully saturated rings. The van der Waals surface area contributed by atoms with Crippen molar-refractivity contribution in [2.45, 2.75) is 12.2 Å². The van der Waals surface area contributed by atoms with Crippen molar-refractivity contribution in [1.82, 2.24) is 10.3 Å². The standard InChI is InChI=1S/C14H15F3N2O/c1-18-13(8-20-9-14(15,16)17)12-7-19-6-10-4-2-3-5-11(10)12/h2-7,13,18H,8-9H2,1H3. The lowest BCUT2D eigenvalue weighted by Crippen LogP contribution is -2.26. The molecule has 1 aromatic carbocycles. The van der Waals surface area contributed by atoms with Crippen LogP contribution in [0.5, 0.6) is 0 Å². The van der Waals surface area contributed by atoms with E-state index < -0.39 is 12.8 Å². The number of alkyl halides is 3. The third kappa shape index (κ3) is 3.68. The summed E-state index contributed by atoms with van der Waals surface area (Å²) in [5, 5.41) is 4.87. The summed E-state index contributed by atoms with van der Waals surface area (Å²) in [5.41, 5.74) is 0.827. The van der Waals surface area contributed by atoms with Crippen LogP contribution in [0.4, 0.5) is 13.2 Å². The van der Waals surface area contributed by atoms with Gasteiger partial charge in [0.05, 0.1) is 12.6 Å². The molecule has 1 aromatic heterocycles. The van der Waals surface area contributed by atoms with Crippen LogP contribution in [0, 0.1) is 0 Å². The third-order valence-corrected chi connectivity index (χ3v) is 2.97. The Morgan fingerprint density at radius 2 is 2.00 bits per heavy atom. The maximum Gasteiger partial charge on any atom is 0.411 e. The summed E-state index contributed by atoms with van der Waals surface area (Å²) in [6.07, 6.45) is -0.933. The van der Waals surface area contributed by atoms with Crippen LogP contribution < -0.4 is 5.32 Å². The second kappa shape index (κ2) is 6.19. The van der Waals surface area contributed by atoms with Crippen molar-refractivity contribution in [1.29, 1.82) is 0 Å². The Bertz CT molecular complexity index is 566. The first-order valence-electron chi connectivity index (χ1n) is 6.15. The van der Waals surface area contributed by atoms with Crippen LogP contribution in [-0.4, -0.2) is 31.4 Å². The average molecular weight is 284 g/mol. The Labute approximate surface area is 114 Å². The van der Waals surface area contributed by atoms with Gasteiger partial charge in [0, 0.05) is 17.8 Å². The molecule has 6 heteroatoms. The molecule has 0 aliphatic carbocycles. The fraction of sp³-hybridized carbons (Fsp3) is 0.357. The molecule has 2 rings (SSSR count). The molecule has 3 nitrogen and oxygen atoms in total. The number of hydrogen-bond acceptors (Lipinski definition) is 3. The molecule has 0 spiro atoms. The van der Waals surface area contributed by atoms with Crippen molar-refractivity contribution in [2.24, 2.45) is 0 Å². The number of pyridine rings is 1. The monoisotopic (exact) mass is 284 g/mol. The number of aromatic nitrogens is 1. The van der Waals surface area contributed by atoms with Gasteiger partial charge in [-0.2, -0.15) is 13.2 Å². The largest absolute Gasteiger partial charge is 0.411 e. The topological polar surface area (TPSA) is 34.1 Å². The minimum atomic E-state index is -4.31. The van der Waals surface area contributed by atoms with E-state index in [1.807, 2.05) is 24.3 Å². The predicted octanol–water partition coefficient (Wildman–Crippen LogP) is 3.07. The summed E-state index contributed by atoms with van der Waals surface area (Å²) in [6, 6.07) is 7.27. The number of hydrogen-bond donors (Lipinski definition) is 1. The Balaban J connectivity index is 2.17. The molecule has 0 saturated heterocycles. The van der Waals surface area contributed by atoms with Crippen LogP contribution in [0.1, 0.15) is 11.6 Å². The van der Waals surface area contributed by atoms with Gasteiger partial charge in [-0.05, 0) is 18.0 Å². The second-order valence-electron chi connectivity index (χ2n) is 4.42. The molecule has 1 N–H and O–H groups in total. The number of fused-ring (bicyclic) bond motifs is 1. The normalized spacial score (nSPS) is 13.6. The van der Waals surface area contributed by atoms with E-state index in [1.165, 1.54) is 0 Å². The van der Waals surface area contributed by atoms with Gasteiger partial charge < -0.3 is 10.1 Å². The third-order valence-electron chi connectivity index (χ3n) is 2.97. The number of rotatable bonds is 5. The van der Waals surface area contributed by atoms with Gasteiger partial charge in [-0.15, -0.1) is 0 Å². The van der Waals surface area contributed by atoms with Crippen molar-refractivity contribution < 1.29 is 17.9 Å². The Morgan fingerprint density at radius 1 is 1.25 bits per heavy atom. The van der Waals surface area contributed by atoms with Gasteiger partial charge in [0.1, 0.15) is 6.61 Å². The van der Waals surface area contributed by atoms with Gasteiger partial charge in [-0.25, -0.2) is 0 Å². The van der Waals surface area contributed by atoms with Crippen molar-refractivity contribution in [3.63, 3.8) is 0 Å². The molecule has 0 saturated carbocycles. The number of likely N-dealkylation sites (N-methyl/N-ethyl adjacent to an activating group) is 1. The molecular weight excluding hydrogens is 269 g/mol. The minimum Gasteiger partial charge on any atom is -0.370 e. The van der Waals surface area contributed by atoms with Crippen LogP contribution in [0.2, 0.25) is 0 Å². The molecule has 0 aliphatic rings. The highest BCUT2D eigenvalue weighted by molar-refractivity contribution is 5.85. The van der Waals surface area contributed by atoms with E-state index in [0.29, 0.717) is 0 Å². The minimum absolute atomic E-state index is 0.0638. The van der Waals surface area contributed by atoms with E-state index in [0.717, 1.165) is 16.3 Å². The van der Waals surface area contributed by atoms with Crippen LogP contribution in [0.3, 0.4) is 0 Å². The number of benzene rings is 1. The lowest BCUT2D eigenvalue weighted by atomic mass is 10.0. The maximum atomic E-state index is 12.1. The first-order valence-corrected chi connectivity index (χ1v) is 6.15. The molecule has 1 unspecified atom stereocenters. The van der Waals surface area contributed by atoms with Gasteiger partial charge in [-0.1, -0.05) is 24.3 Å². The fourth-order valence-electron chi connectivity index (χ4n) is 2.04. The van der Waals surface area contributed by atoms with Gasteiger partial charge in [-0.3, -0.25) is 4.98 Å². The van der Waals surface area contributed by atoms with E-state index in [1.54, 1.807) is 19.4 Å². The Hall–Kier alpha value is -1.66. The smallest absolute Gasteiger partial charge is 0.370 e. The lowest BCUT2D eigenvalue weighted by molar-refractivity contribution is -0.175. The van der Waals surface area contributed by atoms with E-state index >= 15 is 0 Å². The van der Waals surface area contributed by atoms with Gasteiger partial charge in [0.15, 0.2) is 0 Å². The number of halogens is 3. The summed E-state index contributed by atoms with van der Waals surface area (Å²) >= 11 is 0. The maximum absolute atomic E-state index is 12.1. The van der Waals surface area contributed by atoms with E-state index in [4.69, 9.17) is 4.74 Å². The number of nitrogens with zero attached hydrogens (tertiary/aromatic N) is 1. The van der Waals surface area contributed by atoms with Gasteiger partial charge in [0.25, 0.3) is 0 Å². The van der Waals surface area contributed by atoms with Gasteiger partial charge in [0.2, 0.25) is 0 Å². The van der Waals surface area contributed by atoms with Crippen molar-refractivity contribution in [3.05, 3.63) is 42.2 Å². The molecular formula is C14H15F3N2O. The zero-order valence-corrected chi connectivity index (χ0v) is 10.9. The number of nitrogens with one attached hydrogen (secondary N) is 1. The average Bonchev–Trinajstić information content (AvgIpc) is 2.42. The van der Waals surface area contributed by atoms with E-state index in [9.17, 15) is 13.2 Å². The molecule has 0 bridgehead atoms. The van der Waals surface area contributed by atoms with Crippen LogP contribution in [-0.2, 0) is 4.74 Å². The fourth-order valence-corrected chi connectivity index (χ4v) is 2.04. The Kier molecular flexibility index (Phi) is 4.57. The van der Waals surface area contributed by atoms with Crippen molar-refractivity contribution in [2.75, 3.05) is 20.3 Å². The highest BCUT2D eigenvalue weighted by Crippen LogP contribution is 2.24. The summed E-state index contributed by atoms with van der Waals surface area (Å²) in [5.74, 6) is 0. The van der Waals surface area contributed by atoms with Crippen LogP contribution >= 0.6 is 0 Å². The second-order valence-corrected chi connectivity index (χ2v) is 4.42. The quantitative estimate of drug-likeness (QED) is 0.916. The SMILES string of the molecule is CNC(COCC(F)(F)F)c1cncc2ccccc12. The van der Waals surface area contributed by atoms with Crippen LogP contribution in [0.25, 0.3) is 10.8 Å². The zero-order chi connectivity index (χ0) is 14.6. The molecule has 20 heavy (non-hydrogen) atoms. The number of ether oxygens (including phenoxy) is 1. The molecule has 1 heterocycles. The van der Waals surface area contributed by atoms with Crippen molar-refractivity contribution >= 4 is 10.8 Å². The molecule has 0 amide bonds. The van der Waals surface area contributed by atoms with Crippen LogP contribution in [0.15, 0.2) is 36.7 Å². The molecule has 1 atom stereocenters. The summed E-state index contributed by atoms with van der Waals surface area (Å²) in [7, 11) is 1.68. The molecule has 0 radical (unpaired) electrons. The Morgan fingerprint density at radius 3 is 2.70 bits per heavy atom. The lowest BCUT2D eigenvalue weighted by Gasteiger charge is -2.19. The molecule has 2 aromatic rings. The van der Waals surface area contributed by atoms with E-state index in [-0.39, 0.29) is 12.6 Å². The first-order chi connectivity index (χ1) is 9.51. The highest BCUT2D eigenvalue weighted by Gasteiger charge is 2.28. The summed E-state index contributed by atoms with van der Waals surface area (Å²) in [4.78, 5) is 4.12. The molecule has 0 aliphatic heterocycles. The first kappa shape index (κ1) is 14.7. The molecule has 108 valence electrons.